The molecule has 0 amide bonds. The third-order valence-corrected chi connectivity index (χ3v) is 5.11. The molecule has 0 bridgehead atoms. The SMILES string of the molecule is COCc1ccc(CN2CCC[C@@H](N(C)Cc3noc(C)n3)CC2)cc1. The monoisotopic (exact) mass is 358 g/mol. The minimum atomic E-state index is 0.572. The first kappa shape index (κ1) is 19.0. The zero-order chi connectivity index (χ0) is 18.4. The molecule has 1 aromatic carbocycles. The zero-order valence-corrected chi connectivity index (χ0v) is 16.1. The predicted molar refractivity (Wildman–Crippen MR) is 101 cm³/mol. The summed E-state index contributed by atoms with van der Waals surface area (Å²) in [6, 6.07) is 9.35. The molecule has 0 radical (unpaired) electrons. The molecule has 0 saturated carbocycles. The van der Waals surface area contributed by atoms with Crippen molar-refractivity contribution in [2.24, 2.45) is 0 Å². The van der Waals surface area contributed by atoms with E-state index in [1.807, 2.05) is 6.92 Å². The molecule has 0 spiro atoms. The molecule has 2 heterocycles. The van der Waals surface area contributed by atoms with Crippen LogP contribution in [0.3, 0.4) is 0 Å². The third kappa shape index (κ3) is 5.37. The van der Waals surface area contributed by atoms with Gasteiger partial charge in [-0.1, -0.05) is 29.4 Å². The van der Waals surface area contributed by atoms with E-state index in [0.29, 0.717) is 18.5 Å². The van der Waals surface area contributed by atoms with Gasteiger partial charge in [0.1, 0.15) is 0 Å². The van der Waals surface area contributed by atoms with Crippen LogP contribution in [0.2, 0.25) is 0 Å². The van der Waals surface area contributed by atoms with E-state index in [9.17, 15) is 0 Å². The Hall–Kier alpha value is -1.76. The van der Waals surface area contributed by atoms with E-state index >= 15 is 0 Å². The van der Waals surface area contributed by atoms with Gasteiger partial charge in [0, 0.05) is 26.6 Å². The summed E-state index contributed by atoms with van der Waals surface area (Å²) in [6.07, 6.45) is 3.62. The zero-order valence-electron chi connectivity index (χ0n) is 16.1. The molecule has 1 aliphatic heterocycles. The first-order valence-electron chi connectivity index (χ1n) is 9.42. The van der Waals surface area contributed by atoms with Crippen LogP contribution in [0, 0.1) is 6.92 Å². The van der Waals surface area contributed by atoms with Crippen molar-refractivity contribution >= 4 is 0 Å². The van der Waals surface area contributed by atoms with Gasteiger partial charge in [0.25, 0.3) is 0 Å². The lowest BCUT2D eigenvalue weighted by molar-refractivity contribution is 0.185. The number of likely N-dealkylation sites (tertiary alicyclic amines) is 1. The van der Waals surface area contributed by atoms with Crippen LogP contribution in [0.15, 0.2) is 28.8 Å². The van der Waals surface area contributed by atoms with Crippen LogP contribution in [0.1, 0.15) is 42.1 Å². The van der Waals surface area contributed by atoms with Crippen molar-refractivity contribution in [3.05, 3.63) is 47.1 Å². The van der Waals surface area contributed by atoms with Crippen molar-refractivity contribution < 1.29 is 9.26 Å². The van der Waals surface area contributed by atoms with Gasteiger partial charge in [-0.3, -0.25) is 9.80 Å². The van der Waals surface area contributed by atoms with Gasteiger partial charge in [-0.2, -0.15) is 4.98 Å². The van der Waals surface area contributed by atoms with E-state index in [-0.39, 0.29) is 0 Å². The second kappa shape index (κ2) is 9.26. The fraction of sp³-hybridized carbons (Fsp3) is 0.600. The van der Waals surface area contributed by atoms with Crippen molar-refractivity contribution in [2.45, 2.75) is 51.9 Å². The average molecular weight is 358 g/mol. The van der Waals surface area contributed by atoms with Crippen molar-refractivity contribution in [2.75, 3.05) is 27.2 Å². The number of hydrogen-bond donors (Lipinski definition) is 0. The summed E-state index contributed by atoms with van der Waals surface area (Å²) < 4.78 is 10.3. The maximum absolute atomic E-state index is 5.18. The third-order valence-electron chi connectivity index (χ3n) is 5.11. The molecule has 142 valence electrons. The van der Waals surface area contributed by atoms with Crippen LogP contribution in [0.5, 0.6) is 0 Å². The van der Waals surface area contributed by atoms with Gasteiger partial charge in [-0.05, 0) is 50.5 Å². The van der Waals surface area contributed by atoms with E-state index < -0.39 is 0 Å². The minimum Gasteiger partial charge on any atom is -0.380 e. The Morgan fingerprint density at radius 1 is 1.19 bits per heavy atom. The Balaban J connectivity index is 1.49. The summed E-state index contributed by atoms with van der Waals surface area (Å²) >= 11 is 0. The summed E-state index contributed by atoms with van der Waals surface area (Å²) in [4.78, 5) is 9.26. The molecule has 1 fully saturated rings. The average Bonchev–Trinajstić information content (AvgIpc) is 2.90. The highest BCUT2D eigenvalue weighted by atomic mass is 16.5. The molecule has 2 aromatic rings. The fourth-order valence-electron chi connectivity index (χ4n) is 3.66. The van der Waals surface area contributed by atoms with Crippen LogP contribution in [-0.2, 0) is 24.4 Å². The highest BCUT2D eigenvalue weighted by molar-refractivity contribution is 5.22. The van der Waals surface area contributed by atoms with Gasteiger partial charge in [-0.25, -0.2) is 0 Å². The van der Waals surface area contributed by atoms with Crippen molar-refractivity contribution in [1.82, 2.24) is 19.9 Å². The molecule has 0 N–H and O–H groups in total. The number of hydrogen-bond acceptors (Lipinski definition) is 6. The van der Waals surface area contributed by atoms with E-state index in [1.54, 1.807) is 7.11 Å². The molecular formula is C20H30N4O2. The minimum absolute atomic E-state index is 0.572. The summed E-state index contributed by atoms with van der Waals surface area (Å²) in [5.41, 5.74) is 2.60. The highest BCUT2D eigenvalue weighted by Gasteiger charge is 2.21. The summed E-state index contributed by atoms with van der Waals surface area (Å²) in [5, 5.41) is 4.02. The van der Waals surface area contributed by atoms with E-state index in [0.717, 1.165) is 32.0 Å². The van der Waals surface area contributed by atoms with Gasteiger partial charge < -0.3 is 9.26 Å². The van der Waals surface area contributed by atoms with Gasteiger partial charge in [-0.15, -0.1) is 0 Å². The Bertz CT molecular complexity index is 671. The predicted octanol–water partition coefficient (Wildman–Crippen LogP) is 3.01. The lowest BCUT2D eigenvalue weighted by atomic mass is 10.1. The lowest BCUT2D eigenvalue weighted by Gasteiger charge is -2.26. The second-order valence-electron chi connectivity index (χ2n) is 7.26. The molecule has 6 heteroatoms. The first-order chi connectivity index (χ1) is 12.6. The maximum Gasteiger partial charge on any atom is 0.223 e. The molecule has 1 atom stereocenters. The number of aryl methyl sites for hydroxylation is 1. The molecular weight excluding hydrogens is 328 g/mol. The van der Waals surface area contributed by atoms with Crippen LogP contribution >= 0.6 is 0 Å². The van der Waals surface area contributed by atoms with Crippen molar-refractivity contribution in [1.29, 1.82) is 0 Å². The van der Waals surface area contributed by atoms with Crippen LogP contribution in [0.25, 0.3) is 0 Å². The van der Waals surface area contributed by atoms with Gasteiger partial charge >= 0.3 is 0 Å². The summed E-state index contributed by atoms with van der Waals surface area (Å²) in [7, 11) is 3.90. The number of rotatable bonds is 7. The van der Waals surface area contributed by atoms with Crippen molar-refractivity contribution in [3.63, 3.8) is 0 Å². The van der Waals surface area contributed by atoms with E-state index in [2.05, 4.69) is 51.3 Å². The summed E-state index contributed by atoms with van der Waals surface area (Å²) in [6.45, 7) is 6.57. The number of ether oxygens (including phenoxy) is 1. The Morgan fingerprint density at radius 2 is 1.96 bits per heavy atom. The number of nitrogens with zero attached hydrogens (tertiary/aromatic N) is 4. The topological polar surface area (TPSA) is 54.6 Å². The quantitative estimate of drug-likeness (QED) is 0.758. The molecule has 6 nitrogen and oxygen atoms in total. The summed E-state index contributed by atoms with van der Waals surface area (Å²) in [5.74, 6) is 1.42. The van der Waals surface area contributed by atoms with Crippen LogP contribution in [0.4, 0.5) is 0 Å². The maximum atomic E-state index is 5.18. The van der Waals surface area contributed by atoms with Crippen LogP contribution in [-0.4, -0.2) is 53.2 Å². The van der Waals surface area contributed by atoms with Crippen LogP contribution < -0.4 is 0 Å². The second-order valence-corrected chi connectivity index (χ2v) is 7.26. The van der Waals surface area contributed by atoms with E-state index in [4.69, 9.17) is 9.26 Å². The highest BCUT2D eigenvalue weighted by Crippen LogP contribution is 2.19. The molecule has 1 aliphatic rings. The number of benzene rings is 1. The lowest BCUT2D eigenvalue weighted by Crippen LogP contribution is -2.33. The molecule has 3 rings (SSSR count). The smallest absolute Gasteiger partial charge is 0.223 e. The molecule has 1 aromatic heterocycles. The Morgan fingerprint density at radius 3 is 2.65 bits per heavy atom. The van der Waals surface area contributed by atoms with E-state index in [1.165, 1.54) is 30.4 Å². The number of aromatic nitrogens is 2. The van der Waals surface area contributed by atoms with Gasteiger partial charge in [0.15, 0.2) is 5.82 Å². The largest absolute Gasteiger partial charge is 0.380 e. The normalized spacial score (nSPS) is 19.0. The Labute approximate surface area is 156 Å². The fourth-order valence-corrected chi connectivity index (χ4v) is 3.66. The molecule has 1 saturated heterocycles. The molecule has 0 aliphatic carbocycles. The molecule has 26 heavy (non-hydrogen) atoms. The van der Waals surface area contributed by atoms with Gasteiger partial charge in [0.2, 0.25) is 5.89 Å². The molecule has 0 unspecified atom stereocenters. The standard InChI is InChI=1S/C20H30N4O2/c1-16-21-20(22-26-16)14-23(2)19-5-4-11-24(12-10-19)13-17-6-8-18(9-7-17)15-25-3/h6-9,19H,4-5,10-15H2,1-3H3/t19-/m1/s1. The number of methoxy groups -OCH3 is 1. The Kier molecular flexibility index (Phi) is 6.77. The van der Waals surface area contributed by atoms with Gasteiger partial charge in [0.05, 0.1) is 13.2 Å². The first-order valence-corrected chi connectivity index (χ1v) is 9.42. The van der Waals surface area contributed by atoms with Crippen molar-refractivity contribution in [3.8, 4) is 0 Å².